The molecule has 3 aromatic heterocycles. The molecule has 0 saturated carbocycles. The van der Waals surface area contributed by atoms with Crippen molar-refractivity contribution in [3.63, 3.8) is 0 Å². The molecule has 1 aromatic carbocycles. The lowest BCUT2D eigenvalue weighted by molar-refractivity contribution is -0.749. The Kier molecular flexibility index (Phi) is 6.58. The maximum atomic E-state index is 13.7. The zero-order chi connectivity index (χ0) is 31.1. The van der Waals surface area contributed by atoms with E-state index in [-0.39, 0.29) is 48.4 Å². The molecule has 5 heterocycles. The molecule has 1 unspecified atom stereocenters. The summed E-state index contributed by atoms with van der Waals surface area (Å²) < 4.78 is 34.1. The predicted octanol–water partition coefficient (Wildman–Crippen LogP) is 1.98. The highest BCUT2D eigenvalue weighted by atomic mass is 31.2. The summed E-state index contributed by atoms with van der Waals surface area (Å²) in [6.45, 7) is 9.49. The molecular formula is C27H31FN8O6P+. The van der Waals surface area contributed by atoms with E-state index in [0.717, 1.165) is 15.8 Å². The summed E-state index contributed by atoms with van der Waals surface area (Å²) in [6.07, 6.45) is 1.69. The average molecular weight is 614 g/mol. The smallest absolute Gasteiger partial charge is 0.328 e. The van der Waals surface area contributed by atoms with Crippen molar-refractivity contribution in [2.45, 2.75) is 52.4 Å². The third kappa shape index (κ3) is 4.91. The fourth-order valence-electron chi connectivity index (χ4n) is 5.86. The summed E-state index contributed by atoms with van der Waals surface area (Å²) in [5.74, 6) is -0.980. The molecular weight excluding hydrogens is 582 g/mol. The Morgan fingerprint density at radius 1 is 1.19 bits per heavy atom. The van der Waals surface area contributed by atoms with Crippen LogP contribution in [0.3, 0.4) is 0 Å². The maximum absolute atomic E-state index is 13.7. The van der Waals surface area contributed by atoms with E-state index < -0.39 is 26.1 Å². The summed E-state index contributed by atoms with van der Waals surface area (Å²) in [7, 11) is -4.82. The summed E-state index contributed by atoms with van der Waals surface area (Å²) in [4.78, 5) is 53.2. The number of piperazine rings is 1. The highest BCUT2D eigenvalue weighted by Gasteiger charge is 2.57. The zero-order valence-corrected chi connectivity index (χ0v) is 25.1. The number of hydrogen-bond acceptors (Lipinski definition) is 7. The number of aromatic nitrogens is 6. The van der Waals surface area contributed by atoms with E-state index in [1.165, 1.54) is 12.1 Å². The van der Waals surface area contributed by atoms with Gasteiger partial charge in [0, 0.05) is 25.6 Å². The topological polar surface area (TPSA) is 159 Å². The molecule has 6 rings (SSSR count). The van der Waals surface area contributed by atoms with Crippen LogP contribution in [0, 0.1) is 12.7 Å². The van der Waals surface area contributed by atoms with Crippen LogP contribution in [0.2, 0.25) is 0 Å². The Morgan fingerprint density at radius 2 is 1.88 bits per heavy atom. The zero-order valence-electron chi connectivity index (χ0n) is 24.2. The number of aryl methyl sites for hydroxylation is 1. The van der Waals surface area contributed by atoms with Crippen LogP contribution in [-0.2, 0) is 26.9 Å². The number of rotatable bonds is 5. The van der Waals surface area contributed by atoms with Gasteiger partial charge in [-0.05, 0) is 42.7 Å². The second kappa shape index (κ2) is 9.74. The Morgan fingerprint density at radius 3 is 2.53 bits per heavy atom. The molecule has 2 aliphatic heterocycles. The average Bonchev–Trinajstić information content (AvgIpc) is 3.56. The number of carbonyl (C=O) groups excluding carboxylic acids is 2. The molecule has 2 aliphatic rings. The Hall–Kier alpha value is -4.04. The van der Waals surface area contributed by atoms with E-state index in [9.17, 15) is 18.5 Å². The van der Waals surface area contributed by atoms with Gasteiger partial charge in [-0.25, -0.2) is 18.6 Å². The molecule has 0 spiro atoms. The Labute approximate surface area is 245 Å². The van der Waals surface area contributed by atoms with Gasteiger partial charge in [0.2, 0.25) is 17.2 Å². The molecule has 1 saturated heterocycles. The molecule has 226 valence electrons. The van der Waals surface area contributed by atoms with Crippen molar-refractivity contribution < 1.29 is 37.4 Å². The minimum atomic E-state index is -4.82. The molecule has 43 heavy (non-hydrogen) atoms. The second-order valence-corrected chi connectivity index (χ2v) is 13.2. The number of benzene rings is 1. The first-order valence-electron chi connectivity index (χ1n) is 13.5. The van der Waals surface area contributed by atoms with Gasteiger partial charge in [-0.2, -0.15) is 9.67 Å². The van der Waals surface area contributed by atoms with E-state index >= 15 is 0 Å². The maximum Gasteiger partial charge on any atom is 0.471 e. The number of halogens is 1. The third-order valence-electron chi connectivity index (χ3n) is 7.82. The normalized spacial score (nSPS) is 18.8. The van der Waals surface area contributed by atoms with Gasteiger partial charge in [-0.1, -0.05) is 30.4 Å². The molecule has 1 atom stereocenters. The van der Waals surface area contributed by atoms with Gasteiger partial charge in [-0.15, -0.1) is 0 Å². The number of fused-ring (bicyclic) bond motifs is 5. The molecule has 2 N–H and O–H groups in total. The SMILES string of the molecule is Cc1nc(C(=O)N2CCN3C(=O)c4cn5nc(-c6ccc(F)cc6)cc(C(C)(C)C)c5[n+]4C3(C)C2)n(COP(=O)(O)O)n1. The van der Waals surface area contributed by atoms with Crippen molar-refractivity contribution in [1.29, 1.82) is 0 Å². The predicted molar refractivity (Wildman–Crippen MR) is 148 cm³/mol. The molecule has 16 heteroatoms. The molecule has 2 amide bonds. The lowest BCUT2D eigenvalue weighted by atomic mass is 9.87. The molecule has 4 aromatic rings. The van der Waals surface area contributed by atoms with Gasteiger partial charge in [0.05, 0.1) is 12.1 Å². The number of nitrogens with zero attached hydrogens (tertiary/aromatic N) is 8. The molecule has 14 nitrogen and oxygen atoms in total. The minimum absolute atomic E-state index is 0.101. The van der Waals surface area contributed by atoms with E-state index in [1.54, 1.807) is 39.6 Å². The van der Waals surface area contributed by atoms with Gasteiger partial charge in [0.1, 0.15) is 17.3 Å². The van der Waals surface area contributed by atoms with Crippen LogP contribution in [-0.4, -0.2) is 75.4 Å². The van der Waals surface area contributed by atoms with Crippen LogP contribution in [0.1, 0.15) is 60.2 Å². The van der Waals surface area contributed by atoms with Crippen LogP contribution in [0.25, 0.3) is 16.9 Å². The van der Waals surface area contributed by atoms with Crippen molar-refractivity contribution in [1.82, 2.24) is 34.2 Å². The van der Waals surface area contributed by atoms with Crippen molar-refractivity contribution >= 4 is 25.3 Å². The highest BCUT2D eigenvalue weighted by molar-refractivity contribution is 7.46. The lowest BCUT2D eigenvalue weighted by Crippen LogP contribution is -2.69. The fraction of sp³-hybridized carbons (Fsp3) is 0.407. The Bertz CT molecular complexity index is 1840. The van der Waals surface area contributed by atoms with E-state index in [0.29, 0.717) is 17.0 Å². The first-order valence-corrected chi connectivity index (χ1v) is 15.1. The second-order valence-electron chi connectivity index (χ2n) is 11.9. The molecule has 0 bridgehead atoms. The van der Waals surface area contributed by atoms with Crippen molar-refractivity contribution in [2.24, 2.45) is 0 Å². The van der Waals surface area contributed by atoms with Crippen LogP contribution < -0.4 is 4.57 Å². The summed E-state index contributed by atoms with van der Waals surface area (Å²) in [6, 6.07) is 8.01. The highest BCUT2D eigenvalue weighted by Crippen LogP contribution is 2.37. The van der Waals surface area contributed by atoms with Crippen molar-refractivity contribution in [3.05, 3.63) is 65.3 Å². The van der Waals surface area contributed by atoms with Crippen LogP contribution in [0.15, 0.2) is 36.5 Å². The fourth-order valence-corrected chi connectivity index (χ4v) is 6.12. The number of phosphoric ester groups is 1. The van der Waals surface area contributed by atoms with Gasteiger partial charge in [0.15, 0.2) is 12.9 Å². The van der Waals surface area contributed by atoms with E-state index in [1.807, 2.05) is 17.6 Å². The largest absolute Gasteiger partial charge is 0.471 e. The number of amides is 2. The van der Waals surface area contributed by atoms with Gasteiger partial charge < -0.3 is 14.7 Å². The first-order chi connectivity index (χ1) is 20.1. The third-order valence-corrected chi connectivity index (χ3v) is 8.27. The van der Waals surface area contributed by atoms with Crippen LogP contribution in [0.4, 0.5) is 4.39 Å². The van der Waals surface area contributed by atoms with Crippen molar-refractivity contribution in [3.8, 4) is 11.3 Å². The lowest BCUT2D eigenvalue weighted by Gasteiger charge is -2.42. The minimum Gasteiger partial charge on any atom is -0.328 e. The van der Waals surface area contributed by atoms with E-state index in [4.69, 9.17) is 14.9 Å². The first kappa shape index (κ1) is 29.1. The summed E-state index contributed by atoms with van der Waals surface area (Å²) in [5, 5.41) is 8.85. The molecule has 0 radical (unpaired) electrons. The van der Waals surface area contributed by atoms with Crippen LogP contribution >= 0.6 is 7.82 Å². The van der Waals surface area contributed by atoms with Crippen molar-refractivity contribution in [2.75, 3.05) is 19.6 Å². The standard InChI is InChI=1S/C27H30FN8O6P/c1-16-29-22(35(30-16)15-42-43(39,40)41)25(38)32-10-11-33-24(37)21-13-34-23(36(21)27(33,5)14-32)19(26(2,3)4)12-20(31-34)17-6-8-18(28)9-7-17/h6-9,12-13H,10-11,14-15H2,1-5H3,(H-,39,40,41)/p+1. The van der Waals surface area contributed by atoms with E-state index in [2.05, 4.69) is 35.4 Å². The quantitative estimate of drug-likeness (QED) is 0.254. The van der Waals surface area contributed by atoms with Gasteiger partial charge >= 0.3 is 19.4 Å². The summed E-state index contributed by atoms with van der Waals surface area (Å²) in [5.41, 5.74) is 1.97. The van der Waals surface area contributed by atoms with Gasteiger partial charge in [0.25, 0.3) is 5.91 Å². The van der Waals surface area contributed by atoms with Crippen LogP contribution in [0.5, 0.6) is 0 Å². The Balaban J connectivity index is 1.43. The number of imidazole rings is 1. The number of hydrogen-bond donors (Lipinski definition) is 2. The summed E-state index contributed by atoms with van der Waals surface area (Å²) >= 11 is 0. The monoisotopic (exact) mass is 613 g/mol. The van der Waals surface area contributed by atoms with Gasteiger partial charge in [-0.3, -0.25) is 19.0 Å². The molecule has 0 aliphatic carbocycles. The number of carbonyl (C=O) groups is 2. The number of phosphoric acid groups is 1. The molecule has 1 fully saturated rings.